The van der Waals surface area contributed by atoms with Gasteiger partial charge < -0.3 is 9.73 Å². The van der Waals surface area contributed by atoms with E-state index in [0.717, 1.165) is 15.8 Å². The summed E-state index contributed by atoms with van der Waals surface area (Å²) in [6.07, 6.45) is 0.0783. The fourth-order valence-corrected chi connectivity index (χ4v) is 3.41. The maximum atomic E-state index is 12.5. The Balaban J connectivity index is 1.45. The lowest BCUT2D eigenvalue weighted by atomic mass is 10.1. The number of nitrogens with one attached hydrogen (secondary N) is 1. The summed E-state index contributed by atoms with van der Waals surface area (Å²) in [5.41, 5.74) is 1.35. The Morgan fingerprint density at radius 1 is 1.07 bits per heavy atom. The average Bonchev–Trinajstić information content (AvgIpc) is 3.20. The number of furan rings is 1. The van der Waals surface area contributed by atoms with E-state index in [9.17, 15) is 9.59 Å². The highest BCUT2D eigenvalue weighted by Gasteiger charge is 2.13. The fraction of sp³-hybridized carbons (Fsp3) is 0.136. The van der Waals surface area contributed by atoms with Gasteiger partial charge in [0.1, 0.15) is 11.5 Å². The van der Waals surface area contributed by atoms with E-state index in [1.807, 2.05) is 48.5 Å². The van der Waals surface area contributed by atoms with Crippen LogP contribution in [0.3, 0.4) is 0 Å². The summed E-state index contributed by atoms with van der Waals surface area (Å²) < 4.78 is 8.09. The molecule has 0 aliphatic rings. The van der Waals surface area contributed by atoms with E-state index < -0.39 is 0 Å². The van der Waals surface area contributed by atoms with Crippen LogP contribution >= 0.6 is 15.9 Å². The SMILES string of the molecule is Cn1nc(CC(=O)NCc2ccc(-c3ccc(Br)cc3)o2)c2ccccc2c1=O. The van der Waals surface area contributed by atoms with Gasteiger partial charge in [-0.05, 0) is 30.3 Å². The van der Waals surface area contributed by atoms with Crippen molar-refractivity contribution in [3.05, 3.63) is 86.9 Å². The van der Waals surface area contributed by atoms with Gasteiger partial charge in [0.05, 0.1) is 24.0 Å². The minimum absolute atomic E-state index is 0.0783. The molecular weight excluding hydrogens is 434 g/mol. The lowest BCUT2D eigenvalue weighted by Crippen LogP contribution is -2.27. The van der Waals surface area contributed by atoms with Crippen LogP contribution in [0, 0.1) is 0 Å². The summed E-state index contributed by atoms with van der Waals surface area (Å²) in [7, 11) is 1.59. The Morgan fingerprint density at radius 3 is 2.55 bits per heavy atom. The molecule has 0 saturated carbocycles. The maximum Gasteiger partial charge on any atom is 0.274 e. The number of aryl methyl sites for hydroxylation is 1. The number of nitrogens with zero attached hydrogens (tertiary/aromatic N) is 2. The minimum Gasteiger partial charge on any atom is -0.459 e. The topological polar surface area (TPSA) is 77.1 Å². The van der Waals surface area contributed by atoms with Gasteiger partial charge in [-0.1, -0.05) is 46.3 Å². The zero-order chi connectivity index (χ0) is 20.4. The second kappa shape index (κ2) is 8.05. The van der Waals surface area contributed by atoms with Gasteiger partial charge in [-0.3, -0.25) is 9.59 Å². The molecule has 1 N–H and O–H groups in total. The molecule has 2 aromatic heterocycles. The van der Waals surface area contributed by atoms with Crippen molar-refractivity contribution < 1.29 is 9.21 Å². The monoisotopic (exact) mass is 451 g/mol. The first-order valence-corrected chi connectivity index (χ1v) is 9.87. The lowest BCUT2D eigenvalue weighted by molar-refractivity contribution is -0.120. The molecule has 0 unspecified atom stereocenters. The van der Waals surface area contributed by atoms with Crippen LogP contribution in [0.15, 0.2) is 74.3 Å². The number of carbonyl (C=O) groups is 1. The van der Waals surface area contributed by atoms with Crippen molar-refractivity contribution in [2.75, 3.05) is 0 Å². The summed E-state index contributed by atoms with van der Waals surface area (Å²) in [5, 5.41) is 8.36. The summed E-state index contributed by atoms with van der Waals surface area (Å²) in [5.74, 6) is 1.21. The molecule has 0 atom stereocenters. The van der Waals surface area contributed by atoms with E-state index in [1.54, 1.807) is 19.2 Å². The van der Waals surface area contributed by atoms with E-state index in [2.05, 4.69) is 26.3 Å². The molecule has 4 rings (SSSR count). The highest BCUT2D eigenvalue weighted by atomic mass is 79.9. The molecule has 146 valence electrons. The van der Waals surface area contributed by atoms with Crippen molar-refractivity contribution in [1.29, 1.82) is 0 Å². The Bertz CT molecular complexity index is 1240. The summed E-state index contributed by atoms with van der Waals surface area (Å²) in [4.78, 5) is 24.7. The quantitative estimate of drug-likeness (QED) is 0.500. The zero-order valence-electron chi connectivity index (χ0n) is 15.7. The van der Waals surface area contributed by atoms with Crippen LogP contribution < -0.4 is 10.9 Å². The average molecular weight is 452 g/mol. The van der Waals surface area contributed by atoms with Gasteiger partial charge in [0, 0.05) is 22.5 Å². The molecule has 0 saturated heterocycles. The molecule has 2 heterocycles. The van der Waals surface area contributed by atoms with Crippen molar-refractivity contribution >= 4 is 32.6 Å². The molecule has 0 aliphatic carbocycles. The third-order valence-electron chi connectivity index (χ3n) is 4.61. The summed E-state index contributed by atoms with van der Waals surface area (Å²) in [6, 6.07) is 18.7. The van der Waals surface area contributed by atoms with Crippen LogP contribution in [0.4, 0.5) is 0 Å². The Labute approximate surface area is 175 Å². The third-order valence-corrected chi connectivity index (χ3v) is 5.14. The Morgan fingerprint density at radius 2 is 1.79 bits per heavy atom. The van der Waals surface area contributed by atoms with Gasteiger partial charge in [-0.15, -0.1) is 0 Å². The van der Waals surface area contributed by atoms with E-state index in [-0.39, 0.29) is 24.4 Å². The number of halogens is 1. The maximum absolute atomic E-state index is 12.5. The van der Waals surface area contributed by atoms with Crippen LogP contribution in [-0.4, -0.2) is 15.7 Å². The Kier molecular flexibility index (Phi) is 5.31. The van der Waals surface area contributed by atoms with Crippen LogP contribution in [0.2, 0.25) is 0 Å². The number of carbonyl (C=O) groups excluding carboxylic acids is 1. The number of fused-ring (bicyclic) bond motifs is 1. The minimum atomic E-state index is -0.192. The van der Waals surface area contributed by atoms with Gasteiger partial charge >= 0.3 is 0 Å². The standard InChI is InChI=1S/C22H18BrN3O3/c1-26-22(28)18-5-3-2-4-17(18)19(25-26)12-21(27)24-13-16-10-11-20(29-16)14-6-8-15(23)9-7-14/h2-11H,12-13H2,1H3,(H,24,27). The molecule has 7 heteroatoms. The molecule has 6 nitrogen and oxygen atoms in total. The Hall–Kier alpha value is -3.19. The lowest BCUT2D eigenvalue weighted by Gasteiger charge is -2.08. The smallest absolute Gasteiger partial charge is 0.274 e. The molecule has 0 fully saturated rings. The molecule has 0 spiro atoms. The highest BCUT2D eigenvalue weighted by molar-refractivity contribution is 9.10. The van der Waals surface area contributed by atoms with Crippen molar-refractivity contribution in [1.82, 2.24) is 15.1 Å². The van der Waals surface area contributed by atoms with E-state index in [0.29, 0.717) is 22.2 Å². The third kappa shape index (κ3) is 4.14. The van der Waals surface area contributed by atoms with Gasteiger partial charge in [0.25, 0.3) is 5.56 Å². The van der Waals surface area contributed by atoms with E-state index in [4.69, 9.17) is 4.42 Å². The first-order chi connectivity index (χ1) is 14.0. The first kappa shape index (κ1) is 19.1. The zero-order valence-corrected chi connectivity index (χ0v) is 17.3. The number of hydrogen-bond acceptors (Lipinski definition) is 4. The molecular formula is C22H18BrN3O3. The molecule has 4 aromatic rings. The molecule has 0 aliphatic heterocycles. The van der Waals surface area contributed by atoms with Gasteiger partial charge in [-0.25, -0.2) is 4.68 Å². The van der Waals surface area contributed by atoms with Gasteiger partial charge in [0.15, 0.2) is 0 Å². The molecule has 0 bridgehead atoms. The van der Waals surface area contributed by atoms with Crippen LogP contribution in [0.5, 0.6) is 0 Å². The summed E-state index contributed by atoms with van der Waals surface area (Å²) >= 11 is 3.41. The predicted octanol–water partition coefficient (Wildman–Crippen LogP) is 3.81. The second-order valence-corrected chi connectivity index (χ2v) is 7.56. The number of hydrogen-bond donors (Lipinski definition) is 1. The molecule has 0 radical (unpaired) electrons. The molecule has 29 heavy (non-hydrogen) atoms. The number of aromatic nitrogens is 2. The van der Waals surface area contributed by atoms with Crippen LogP contribution in [0.25, 0.3) is 22.1 Å². The number of benzene rings is 2. The molecule has 2 aromatic carbocycles. The number of amides is 1. The largest absolute Gasteiger partial charge is 0.459 e. The molecule has 1 amide bonds. The normalized spacial score (nSPS) is 11.0. The van der Waals surface area contributed by atoms with Crippen LogP contribution in [-0.2, 0) is 24.8 Å². The van der Waals surface area contributed by atoms with Crippen LogP contribution in [0.1, 0.15) is 11.5 Å². The van der Waals surface area contributed by atoms with E-state index >= 15 is 0 Å². The van der Waals surface area contributed by atoms with E-state index in [1.165, 1.54) is 4.68 Å². The number of rotatable bonds is 5. The van der Waals surface area contributed by atoms with Gasteiger partial charge in [0.2, 0.25) is 5.91 Å². The first-order valence-electron chi connectivity index (χ1n) is 9.07. The predicted molar refractivity (Wildman–Crippen MR) is 114 cm³/mol. The van der Waals surface area contributed by atoms with Crippen molar-refractivity contribution in [3.8, 4) is 11.3 Å². The van der Waals surface area contributed by atoms with Crippen molar-refractivity contribution in [3.63, 3.8) is 0 Å². The fourth-order valence-electron chi connectivity index (χ4n) is 3.15. The van der Waals surface area contributed by atoms with Crippen molar-refractivity contribution in [2.45, 2.75) is 13.0 Å². The van der Waals surface area contributed by atoms with Gasteiger partial charge in [-0.2, -0.15) is 5.10 Å². The highest BCUT2D eigenvalue weighted by Crippen LogP contribution is 2.24. The van der Waals surface area contributed by atoms with Crippen molar-refractivity contribution in [2.24, 2.45) is 7.05 Å². The summed E-state index contributed by atoms with van der Waals surface area (Å²) in [6.45, 7) is 0.277. The second-order valence-electron chi connectivity index (χ2n) is 6.65.